The van der Waals surface area contributed by atoms with E-state index in [-0.39, 0.29) is 11.9 Å². The lowest BCUT2D eigenvalue weighted by Gasteiger charge is -2.15. The molecular weight excluding hydrogens is 365 g/mol. The molecule has 0 aliphatic heterocycles. The van der Waals surface area contributed by atoms with Crippen molar-refractivity contribution < 1.29 is 4.79 Å². The van der Waals surface area contributed by atoms with Gasteiger partial charge in [-0.05, 0) is 47.2 Å². The monoisotopic (exact) mass is 379 g/mol. The average Bonchev–Trinajstić information content (AvgIpc) is 2.80. The third-order valence-corrected chi connectivity index (χ3v) is 4.03. The van der Waals surface area contributed by atoms with Crippen LogP contribution in [0.3, 0.4) is 0 Å². The zero-order valence-corrected chi connectivity index (χ0v) is 13.2. The van der Waals surface area contributed by atoms with E-state index in [1.54, 1.807) is 0 Å². The molecule has 0 radical (unpaired) electrons. The Kier molecular flexibility index (Phi) is 3.60. The second-order valence-corrected chi connectivity index (χ2v) is 6.05. The second kappa shape index (κ2) is 5.40. The van der Waals surface area contributed by atoms with Crippen molar-refractivity contribution in [2.75, 3.05) is 0 Å². The predicted octanol–water partition coefficient (Wildman–Crippen LogP) is 0.788. The first-order chi connectivity index (χ1) is 9.63. The van der Waals surface area contributed by atoms with Gasteiger partial charge in [-0.2, -0.15) is 5.10 Å². The number of nitrogens with zero attached hydrogens (tertiary/aromatic N) is 2. The SMILES string of the molecule is Cn1ncc2c1=CCC(NC(=O)c1cccc(I)c1)C=2. The number of carbonyl (C=O) groups excluding carboxylic acids is 1. The third kappa shape index (κ3) is 2.63. The summed E-state index contributed by atoms with van der Waals surface area (Å²) < 4.78 is 2.91. The number of carbonyl (C=O) groups is 1. The number of hydrogen-bond donors (Lipinski definition) is 1. The standard InChI is InChI=1S/C15H14IN3O/c1-19-14-6-5-13(8-11(14)9-17-19)18-15(20)10-3-2-4-12(16)7-10/h2-4,6-9,13H,5H2,1H3,(H,18,20). The summed E-state index contributed by atoms with van der Waals surface area (Å²) in [5, 5.41) is 9.46. The maximum absolute atomic E-state index is 12.2. The van der Waals surface area contributed by atoms with Gasteiger partial charge in [-0.3, -0.25) is 9.48 Å². The molecule has 3 rings (SSSR count). The molecule has 5 heteroatoms. The first-order valence-corrected chi connectivity index (χ1v) is 7.48. The molecule has 0 saturated carbocycles. The summed E-state index contributed by atoms with van der Waals surface area (Å²) in [5.74, 6) is -0.0366. The summed E-state index contributed by atoms with van der Waals surface area (Å²) in [6.07, 6.45) is 6.80. The summed E-state index contributed by atoms with van der Waals surface area (Å²) in [4.78, 5) is 12.2. The number of benzene rings is 1. The van der Waals surface area contributed by atoms with Crippen molar-refractivity contribution in [1.29, 1.82) is 0 Å². The molecule has 1 aliphatic carbocycles. The lowest BCUT2D eigenvalue weighted by Crippen LogP contribution is -2.40. The van der Waals surface area contributed by atoms with Crippen LogP contribution in [0.25, 0.3) is 12.2 Å². The molecule has 1 atom stereocenters. The zero-order valence-electron chi connectivity index (χ0n) is 11.0. The fraction of sp³-hybridized carbons (Fsp3) is 0.200. The van der Waals surface area contributed by atoms with Crippen LogP contribution in [-0.4, -0.2) is 21.7 Å². The van der Waals surface area contributed by atoms with Crippen molar-refractivity contribution in [2.24, 2.45) is 7.05 Å². The van der Waals surface area contributed by atoms with Gasteiger partial charge in [0, 0.05) is 21.4 Å². The Morgan fingerprint density at radius 2 is 2.35 bits per heavy atom. The van der Waals surface area contributed by atoms with Crippen molar-refractivity contribution in [3.63, 3.8) is 0 Å². The highest BCUT2D eigenvalue weighted by Crippen LogP contribution is 2.08. The normalized spacial score (nSPS) is 16.8. The van der Waals surface area contributed by atoms with Gasteiger partial charge in [0.2, 0.25) is 0 Å². The van der Waals surface area contributed by atoms with Crippen LogP contribution in [0.4, 0.5) is 0 Å². The van der Waals surface area contributed by atoms with E-state index in [1.165, 1.54) is 0 Å². The Labute approximate surface area is 130 Å². The molecule has 1 aromatic carbocycles. The Balaban J connectivity index is 1.80. The molecule has 0 fully saturated rings. The van der Waals surface area contributed by atoms with Gasteiger partial charge in [-0.1, -0.05) is 18.2 Å². The van der Waals surface area contributed by atoms with Crippen LogP contribution in [0.1, 0.15) is 16.8 Å². The van der Waals surface area contributed by atoms with Gasteiger partial charge in [0.1, 0.15) is 0 Å². The number of hydrogen-bond acceptors (Lipinski definition) is 2. The predicted molar refractivity (Wildman–Crippen MR) is 86.4 cm³/mol. The number of rotatable bonds is 2. The summed E-state index contributed by atoms with van der Waals surface area (Å²) >= 11 is 2.21. The fourth-order valence-electron chi connectivity index (χ4n) is 2.35. The number of halogens is 1. The molecule has 1 aliphatic rings. The van der Waals surface area contributed by atoms with Crippen molar-refractivity contribution in [2.45, 2.75) is 12.5 Å². The molecule has 1 N–H and O–H groups in total. The Hall–Kier alpha value is -1.63. The van der Waals surface area contributed by atoms with Crippen LogP contribution in [-0.2, 0) is 7.05 Å². The molecule has 1 aromatic heterocycles. The minimum atomic E-state index is -0.0366. The highest BCUT2D eigenvalue weighted by Gasteiger charge is 2.13. The van der Waals surface area contributed by atoms with Crippen LogP contribution >= 0.6 is 22.6 Å². The highest BCUT2D eigenvalue weighted by molar-refractivity contribution is 14.1. The molecular formula is C15H14IN3O. The lowest BCUT2D eigenvalue weighted by atomic mass is 10.1. The first-order valence-electron chi connectivity index (χ1n) is 6.40. The maximum atomic E-state index is 12.2. The highest BCUT2D eigenvalue weighted by atomic mass is 127. The van der Waals surface area contributed by atoms with E-state index in [0.29, 0.717) is 5.56 Å². The minimum Gasteiger partial charge on any atom is -0.345 e. The molecule has 1 heterocycles. The quantitative estimate of drug-likeness (QED) is 0.785. The number of aryl methyl sites for hydroxylation is 1. The first kappa shape index (κ1) is 13.4. The van der Waals surface area contributed by atoms with Crippen molar-refractivity contribution >= 4 is 40.7 Å². The molecule has 0 spiro atoms. The summed E-state index contributed by atoms with van der Waals surface area (Å²) in [7, 11) is 1.92. The van der Waals surface area contributed by atoms with Gasteiger partial charge in [0.25, 0.3) is 5.91 Å². The lowest BCUT2D eigenvalue weighted by molar-refractivity contribution is 0.0947. The Bertz CT molecular complexity index is 779. The van der Waals surface area contributed by atoms with Crippen molar-refractivity contribution in [3.05, 3.63) is 50.2 Å². The Morgan fingerprint density at radius 1 is 1.50 bits per heavy atom. The number of amides is 1. The summed E-state index contributed by atoms with van der Waals surface area (Å²) in [5.41, 5.74) is 0.697. The van der Waals surface area contributed by atoms with Crippen LogP contribution < -0.4 is 15.9 Å². The van der Waals surface area contributed by atoms with E-state index in [4.69, 9.17) is 0 Å². The minimum absolute atomic E-state index is 0.0251. The maximum Gasteiger partial charge on any atom is 0.251 e. The van der Waals surface area contributed by atoms with Crippen LogP contribution in [0.5, 0.6) is 0 Å². The average molecular weight is 379 g/mol. The van der Waals surface area contributed by atoms with Gasteiger partial charge < -0.3 is 5.32 Å². The van der Waals surface area contributed by atoms with E-state index in [0.717, 1.165) is 20.6 Å². The van der Waals surface area contributed by atoms with Crippen molar-refractivity contribution in [1.82, 2.24) is 15.1 Å². The van der Waals surface area contributed by atoms with Crippen LogP contribution in [0.2, 0.25) is 0 Å². The number of fused-ring (bicyclic) bond motifs is 1. The van der Waals surface area contributed by atoms with Gasteiger partial charge >= 0.3 is 0 Å². The molecule has 1 amide bonds. The van der Waals surface area contributed by atoms with E-state index < -0.39 is 0 Å². The van der Waals surface area contributed by atoms with Gasteiger partial charge in [-0.25, -0.2) is 0 Å². The largest absolute Gasteiger partial charge is 0.345 e. The number of nitrogens with one attached hydrogen (secondary N) is 1. The topological polar surface area (TPSA) is 46.9 Å². The van der Waals surface area contributed by atoms with Crippen LogP contribution in [0.15, 0.2) is 30.5 Å². The fourth-order valence-corrected chi connectivity index (χ4v) is 2.89. The number of aromatic nitrogens is 2. The molecule has 20 heavy (non-hydrogen) atoms. The zero-order chi connectivity index (χ0) is 14.1. The Morgan fingerprint density at radius 3 is 3.15 bits per heavy atom. The molecule has 102 valence electrons. The summed E-state index contributed by atoms with van der Waals surface area (Å²) in [6, 6.07) is 7.61. The second-order valence-electron chi connectivity index (χ2n) is 4.81. The van der Waals surface area contributed by atoms with Gasteiger partial charge in [-0.15, -0.1) is 0 Å². The van der Waals surface area contributed by atoms with E-state index in [1.807, 2.05) is 42.2 Å². The summed E-state index contributed by atoms with van der Waals surface area (Å²) in [6.45, 7) is 0. The molecule has 4 nitrogen and oxygen atoms in total. The van der Waals surface area contributed by atoms with E-state index in [9.17, 15) is 4.79 Å². The molecule has 1 unspecified atom stereocenters. The van der Waals surface area contributed by atoms with Gasteiger partial charge in [0.15, 0.2) is 0 Å². The molecule has 0 bridgehead atoms. The van der Waals surface area contributed by atoms with Crippen molar-refractivity contribution in [3.8, 4) is 0 Å². The smallest absolute Gasteiger partial charge is 0.251 e. The van der Waals surface area contributed by atoms with Gasteiger partial charge in [0.05, 0.1) is 17.6 Å². The van der Waals surface area contributed by atoms with E-state index in [2.05, 4.69) is 45.2 Å². The third-order valence-electron chi connectivity index (χ3n) is 3.36. The molecule has 2 aromatic rings. The molecule has 0 saturated heterocycles. The van der Waals surface area contributed by atoms with Crippen LogP contribution in [0, 0.1) is 3.57 Å². The van der Waals surface area contributed by atoms with E-state index >= 15 is 0 Å².